The first-order valence-electron chi connectivity index (χ1n) is 4.74. The average Bonchev–Trinajstić information content (AvgIpc) is 2.68. The lowest BCUT2D eigenvalue weighted by atomic mass is 10.3. The lowest BCUT2D eigenvalue weighted by Gasteiger charge is -2.12. The maximum absolute atomic E-state index is 5.81. The monoisotopic (exact) mass is 254 g/mol. The Morgan fingerprint density at radius 3 is 2.94 bits per heavy atom. The van der Waals surface area contributed by atoms with Crippen molar-refractivity contribution < 1.29 is 0 Å². The zero-order valence-electron chi connectivity index (χ0n) is 8.64. The Kier molecular flexibility index (Phi) is 3.26. The molecule has 1 unspecified atom stereocenters. The van der Waals surface area contributed by atoms with Gasteiger partial charge in [-0.15, -0.1) is 11.3 Å². The fraction of sp³-hybridized carbons (Fsp3) is 0.200. The first-order chi connectivity index (χ1) is 7.65. The van der Waals surface area contributed by atoms with Gasteiger partial charge in [-0.25, -0.2) is 9.97 Å². The van der Waals surface area contributed by atoms with Crippen LogP contribution in [0.1, 0.15) is 18.0 Å². The number of nitrogens with zero attached hydrogens (tertiary/aromatic N) is 2. The number of nitrogen functional groups attached to an aromatic ring is 1. The standard InChI is InChI=1S/C10H11ClN4S/c1-6(10-13-2-3-16-10)14-9-5-7(12)4-8(11)15-9/h2-6H,1H3,(H3,12,14,15). The van der Waals surface area contributed by atoms with Crippen molar-refractivity contribution in [2.75, 3.05) is 11.1 Å². The smallest absolute Gasteiger partial charge is 0.133 e. The molecule has 0 spiro atoms. The number of anilines is 2. The largest absolute Gasteiger partial charge is 0.399 e. The zero-order chi connectivity index (χ0) is 11.5. The summed E-state index contributed by atoms with van der Waals surface area (Å²) in [5.41, 5.74) is 6.27. The summed E-state index contributed by atoms with van der Waals surface area (Å²) in [5.74, 6) is 0.660. The molecule has 2 heterocycles. The van der Waals surface area contributed by atoms with Crippen LogP contribution >= 0.6 is 22.9 Å². The van der Waals surface area contributed by atoms with E-state index in [1.54, 1.807) is 29.7 Å². The van der Waals surface area contributed by atoms with Crippen LogP contribution in [0.25, 0.3) is 0 Å². The van der Waals surface area contributed by atoms with Crippen molar-refractivity contribution in [3.8, 4) is 0 Å². The van der Waals surface area contributed by atoms with Crippen molar-refractivity contribution in [2.45, 2.75) is 13.0 Å². The first-order valence-corrected chi connectivity index (χ1v) is 6.00. The highest BCUT2D eigenvalue weighted by Crippen LogP contribution is 2.22. The van der Waals surface area contributed by atoms with E-state index in [4.69, 9.17) is 17.3 Å². The van der Waals surface area contributed by atoms with Gasteiger partial charge < -0.3 is 11.1 Å². The van der Waals surface area contributed by atoms with Gasteiger partial charge in [0.25, 0.3) is 0 Å². The highest BCUT2D eigenvalue weighted by Gasteiger charge is 2.09. The van der Waals surface area contributed by atoms with E-state index < -0.39 is 0 Å². The third kappa shape index (κ3) is 2.62. The Morgan fingerprint density at radius 2 is 2.31 bits per heavy atom. The van der Waals surface area contributed by atoms with Crippen LogP contribution in [0, 0.1) is 0 Å². The Bertz CT molecular complexity index is 451. The van der Waals surface area contributed by atoms with E-state index in [2.05, 4.69) is 15.3 Å². The highest BCUT2D eigenvalue weighted by atomic mass is 35.5. The predicted octanol–water partition coefficient (Wildman–Crippen LogP) is 2.95. The molecule has 0 fully saturated rings. The third-order valence-electron chi connectivity index (χ3n) is 2.00. The van der Waals surface area contributed by atoms with Gasteiger partial charge in [0.2, 0.25) is 0 Å². The molecule has 1 atom stereocenters. The summed E-state index contributed by atoms with van der Waals surface area (Å²) in [5, 5.41) is 6.52. The summed E-state index contributed by atoms with van der Waals surface area (Å²) < 4.78 is 0. The first kappa shape index (κ1) is 11.2. The number of rotatable bonds is 3. The molecular formula is C10H11ClN4S. The molecule has 0 saturated heterocycles. The molecule has 2 aromatic heterocycles. The van der Waals surface area contributed by atoms with Crippen LogP contribution < -0.4 is 11.1 Å². The third-order valence-corrected chi connectivity index (χ3v) is 3.15. The van der Waals surface area contributed by atoms with Crippen LogP contribution in [0.4, 0.5) is 11.5 Å². The number of nitrogens with two attached hydrogens (primary N) is 1. The molecule has 0 saturated carbocycles. The molecule has 0 bridgehead atoms. The fourth-order valence-corrected chi connectivity index (χ4v) is 2.19. The minimum absolute atomic E-state index is 0.0883. The average molecular weight is 255 g/mol. The minimum atomic E-state index is 0.0883. The molecule has 0 radical (unpaired) electrons. The minimum Gasteiger partial charge on any atom is -0.399 e. The molecule has 84 valence electrons. The van der Waals surface area contributed by atoms with Gasteiger partial charge >= 0.3 is 0 Å². The molecular weight excluding hydrogens is 244 g/mol. The molecule has 0 amide bonds. The summed E-state index contributed by atoms with van der Waals surface area (Å²) in [4.78, 5) is 8.36. The molecule has 2 rings (SSSR count). The molecule has 0 aliphatic carbocycles. The predicted molar refractivity (Wildman–Crippen MR) is 67.8 cm³/mol. The quantitative estimate of drug-likeness (QED) is 0.827. The summed E-state index contributed by atoms with van der Waals surface area (Å²) in [6.07, 6.45) is 1.78. The van der Waals surface area contributed by atoms with E-state index in [-0.39, 0.29) is 6.04 Å². The van der Waals surface area contributed by atoms with Gasteiger partial charge in [0, 0.05) is 23.3 Å². The second-order valence-corrected chi connectivity index (χ2v) is 4.66. The van der Waals surface area contributed by atoms with Gasteiger partial charge in [-0.2, -0.15) is 0 Å². The molecule has 0 aromatic carbocycles. The summed E-state index contributed by atoms with van der Waals surface area (Å²) in [6.45, 7) is 2.01. The number of hydrogen-bond donors (Lipinski definition) is 2. The number of aromatic nitrogens is 2. The van der Waals surface area contributed by atoms with Gasteiger partial charge in [0.1, 0.15) is 16.0 Å². The molecule has 6 heteroatoms. The Labute approximate surface area is 102 Å². The van der Waals surface area contributed by atoms with Gasteiger partial charge in [0.15, 0.2) is 0 Å². The van der Waals surface area contributed by atoms with Crippen molar-refractivity contribution >= 4 is 34.4 Å². The maximum Gasteiger partial charge on any atom is 0.133 e. The SMILES string of the molecule is CC(Nc1cc(N)cc(Cl)n1)c1nccs1. The van der Waals surface area contributed by atoms with E-state index in [9.17, 15) is 0 Å². The summed E-state index contributed by atoms with van der Waals surface area (Å²) in [6, 6.07) is 3.45. The molecule has 2 aromatic rings. The van der Waals surface area contributed by atoms with Gasteiger partial charge in [-0.3, -0.25) is 0 Å². The number of nitrogens with one attached hydrogen (secondary N) is 1. The second-order valence-electron chi connectivity index (χ2n) is 3.34. The number of pyridine rings is 1. The van der Waals surface area contributed by atoms with E-state index in [0.717, 1.165) is 5.01 Å². The van der Waals surface area contributed by atoms with Gasteiger partial charge in [0.05, 0.1) is 6.04 Å². The number of thiazole rings is 1. The second kappa shape index (κ2) is 4.67. The molecule has 0 aliphatic heterocycles. The van der Waals surface area contributed by atoms with Crippen LogP contribution in [0.5, 0.6) is 0 Å². The van der Waals surface area contributed by atoms with E-state index in [0.29, 0.717) is 16.7 Å². The van der Waals surface area contributed by atoms with E-state index >= 15 is 0 Å². The summed E-state index contributed by atoms with van der Waals surface area (Å²) >= 11 is 7.41. The Balaban J connectivity index is 2.15. The Hall–Kier alpha value is -1.33. The van der Waals surface area contributed by atoms with Crippen LogP contribution in [0.3, 0.4) is 0 Å². The zero-order valence-corrected chi connectivity index (χ0v) is 10.2. The summed E-state index contributed by atoms with van der Waals surface area (Å²) in [7, 11) is 0. The lowest BCUT2D eigenvalue weighted by molar-refractivity contribution is 0.861. The molecule has 16 heavy (non-hydrogen) atoms. The normalized spacial score (nSPS) is 12.4. The van der Waals surface area contributed by atoms with Crippen LogP contribution in [-0.4, -0.2) is 9.97 Å². The number of hydrogen-bond acceptors (Lipinski definition) is 5. The van der Waals surface area contributed by atoms with Crippen LogP contribution in [-0.2, 0) is 0 Å². The maximum atomic E-state index is 5.81. The van der Waals surface area contributed by atoms with Crippen molar-refractivity contribution in [1.82, 2.24) is 9.97 Å². The van der Waals surface area contributed by atoms with E-state index in [1.165, 1.54) is 0 Å². The molecule has 0 aliphatic rings. The van der Waals surface area contributed by atoms with Crippen LogP contribution in [0.2, 0.25) is 5.15 Å². The van der Waals surface area contributed by atoms with E-state index in [1.807, 2.05) is 12.3 Å². The van der Waals surface area contributed by atoms with Crippen molar-refractivity contribution in [2.24, 2.45) is 0 Å². The van der Waals surface area contributed by atoms with Crippen LogP contribution in [0.15, 0.2) is 23.7 Å². The molecule has 3 N–H and O–H groups in total. The molecule has 4 nitrogen and oxygen atoms in total. The Morgan fingerprint density at radius 1 is 1.50 bits per heavy atom. The van der Waals surface area contributed by atoms with Crippen molar-refractivity contribution in [1.29, 1.82) is 0 Å². The highest BCUT2D eigenvalue weighted by molar-refractivity contribution is 7.09. The topological polar surface area (TPSA) is 63.8 Å². The van der Waals surface area contributed by atoms with Gasteiger partial charge in [-0.1, -0.05) is 11.6 Å². The fourth-order valence-electron chi connectivity index (χ4n) is 1.32. The van der Waals surface area contributed by atoms with Gasteiger partial charge in [-0.05, 0) is 13.0 Å². The van der Waals surface area contributed by atoms with Crippen molar-refractivity contribution in [3.63, 3.8) is 0 Å². The lowest BCUT2D eigenvalue weighted by Crippen LogP contribution is -2.07. The number of halogens is 1. The van der Waals surface area contributed by atoms with Crippen molar-refractivity contribution in [3.05, 3.63) is 33.9 Å².